The summed E-state index contributed by atoms with van der Waals surface area (Å²) in [7, 11) is 0. The average Bonchev–Trinajstić information content (AvgIpc) is 3.45. The Morgan fingerprint density at radius 1 is 1.14 bits per heavy atom. The Kier molecular flexibility index (Phi) is 8.51. The van der Waals surface area contributed by atoms with E-state index in [9.17, 15) is 31.5 Å². The molecular formula is C30H37F5N6O3. The molecule has 1 aromatic carbocycles. The number of carbonyl (C=O) groups is 2. The number of hydrogen-bond donors (Lipinski definition) is 3. The van der Waals surface area contributed by atoms with Gasteiger partial charge in [0.15, 0.2) is 5.60 Å². The van der Waals surface area contributed by atoms with Gasteiger partial charge in [-0.25, -0.2) is 13.8 Å². The second kappa shape index (κ2) is 11.8. The van der Waals surface area contributed by atoms with Gasteiger partial charge in [0, 0.05) is 31.5 Å². The van der Waals surface area contributed by atoms with E-state index in [4.69, 9.17) is 4.74 Å². The molecule has 2 aromatic heterocycles. The van der Waals surface area contributed by atoms with Crippen molar-refractivity contribution in [1.29, 1.82) is 0 Å². The molecule has 2 amide bonds. The number of H-pyrrole nitrogens is 1. The minimum atomic E-state index is -4.65. The molecule has 9 nitrogen and oxygen atoms in total. The number of aromatic nitrogens is 4. The molecule has 2 atom stereocenters. The Labute approximate surface area is 251 Å². The molecule has 2 fully saturated rings. The third-order valence-electron chi connectivity index (χ3n) is 8.26. The molecule has 0 radical (unpaired) electrons. The van der Waals surface area contributed by atoms with Crippen molar-refractivity contribution in [3.05, 3.63) is 47.5 Å². The number of nitrogens with zero attached hydrogens (tertiary/aromatic N) is 3. The average molecular weight is 625 g/mol. The number of rotatable bonds is 12. The lowest BCUT2D eigenvalue weighted by Gasteiger charge is -2.34. The molecule has 5 rings (SSSR count). The fraction of sp³-hybridized carbons (Fsp3) is 0.600. The van der Waals surface area contributed by atoms with Gasteiger partial charge in [0.25, 0.3) is 5.91 Å². The summed E-state index contributed by atoms with van der Waals surface area (Å²) in [4.78, 5) is 33.6. The van der Waals surface area contributed by atoms with E-state index < -0.39 is 36.3 Å². The monoisotopic (exact) mass is 624 g/mol. The summed E-state index contributed by atoms with van der Waals surface area (Å²) in [5.41, 5.74) is -0.411. The van der Waals surface area contributed by atoms with Crippen LogP contribution in [0.25, 0.3) is 11.0 Å². The predicted molar refractivity (Wildman–Crippen MR) is 151 cm³/mol. The first-order chi connectivity index (χ1) is 20.5. The Morgan fingerprint density at radius 2 is 1.84 bits per heavy atom. The number of amides is 2. The highest BCUT2D eigenvalue weighted by atomic mass is 19.4. The van der Waals surface area contributed by atoms with Gasteiger partial charge in [-0.05, 0) is 76.1 Å². The number of carbonyl (C=O) groups excluding carboxylic acids is 2. The minimum Gasteiger partial charge on any atom is -0.364 e. The van der Waals surface area contributed by atoms with E-state index in [1.807, 2.05) is 19.9 Å². The van der Waals surface area contributed by atoms with Gasteiger partial charge in [-0.1, -0.05) is 6.07 Å². The lowest BCUT2D eigenvalue weighted by atomic mass is 9.79. The van der Waals surface area contributed by atoms with Crippen LogP contribution in [0, 0.1) is 11.8 Å². The van der Waals surface area contributed by atoms with Gasteiger partial charge in [0.05, 0.1) is 23.7 Å². The molecule has 0 saturated heterocycles. The number of imidazole rings is 1. The zero-order valence-electron chi connectivity index (χ0n) is 25.0. The van der Waals surface area contributed by atoms with Crippen molar-refractivity contribution < 1.29 is 36.3 Å². The number of alkyl halides is 5. The van der Waals surface area contributed by atoms with Crippen LogP contribution in [0.2, 0.25) is 0 Å². The summed E-state index contributed by atoms with van der Waals surface area (Å²) in [6, 6.07) is 5.33. The van der Waals surface area contributed by atoms with Crippen LogP contribution in [0.1, 0.15) is 99.8 Å². The van der Waals surface area contributed by atoms with Crippen molar-refractivity contribution in [1.82, 2.24) is 30.4 Å². The summed E-state index contributed by atoms with van der Waals surface area (Å²) in [5, 5.41) is 9.91. The van der Waals surface area contributed by atoms with Crippen LogP contribution in [0.3, 0.4) is 0 Å². The van der Waals surface area contributed by atoms with E-state index in [0.717, 1.165) is 32.3 Å². The largest absolute Gasteiger partial charge is 0.416 e. The van der Waals surface area contributed by atoms with Crippen molar-refractivity contribution in [2.45, 2.75) is 95.6 Å². The maximum Gasteiger partial charge on any atom is 0.416 e. The predicted octanol–water partition coefficient (Wildman–Crippen LogP) is 6.17. The van der Waals surface area contributed by atoms with E-state index in [1.165, 1.54) is 16.9 Å². The lowest BCUT2D eigenvalue weighted by molar-refractivity contribution is -0.265. The molecule has 0 bridgehead atoms. The van der Waals surface area contributed by atoms with Crippen LogP contribution < -0.4 is 10.6 Å². The molecule has 2 heterocycles. The second-order valence-electron chi connectivity index (χ2n) is 12.7. The molecular weight excluding hydrogens is 587 g/mol. The molecule has 14 heteroatoms. The molecule has 3 aromatic rings. The first-order valence-corrected chi connectivity index (χ1v) is 14.7. The number of ether oxygens (including phenoxy) is 1. The summed E-state index contributed by atoms with van der Waals surface area (Å²) >= 11 is 0. The topological polar surface area (TPSA) is 114 Å². The van der Waals surface area contributed by atoms with E-state index in [1.54, 1.807) is 12.1 Å². The van der Waals surface area contributed by atoms with Crippen molar-refractivity contribution >= 4 is 22.8 Å². The number of benzene rings is 1. The fourth-order valence-electron chi connectivity index (χ4n) is 5.43. The lowest BCUT2D eigenvalue weighted by Crippen LogP contribution is -2.44. The van der Waals surface area contributed by atoms with Crippen LogP contribution in [-0.2, 0) is 9.53 Å². The molecule has 2 aliphatic carbocycles. The third-order valence-corrected chi connectivity index (χ3v) is 8.26. The van der Waals surface area contributed by atoms with Crippen LogP contribution >= 0.6 is 0 Å². The van der Waals surface area contributed by atoms with Crippen LogP contribution in [0.4, 0.5) is 22.0 Å². The van der Waals surface area contributed by atoms with Gasteiger partial charge in [-0.15, -0.1) is 0 Å². The minimum absolute atomic E-state index is 0.0423. The van der Waals surface area contributed by atoms with Crippen molar-refractivity contribution in [2.24, 2.45) is 11.8 Å². The van der Waals surface area contributed by atoms with Gasteiger partial charge >= 0.3 is 6.18 Å². The number of fused-ring (bicyclic) bond motifs is 1. The molecule has 44 heavy (non-hydrogen) atoms. The third kappa shape index (κ3) is 7.05. The van der Waals surface area contributed by atoms with Gasteiger partial charge in [-0.2, -0.15) is 18.3 Å². The highest BCUT2D eigenvalue weighted by Gasteiger charge is 2.49. The summed E-state index contributed by atoms with van der Waals surface area (Å²) in [6.07, 6.45) is -1.88. The normalized spacial score (nSPS) is 18.7. The molecule has 0 unspecified atom stereocenters. The van der Waals surface area contributed by atoms with Gasteiger partial charge in [0.2, 0.25) is 11.8 Å². The van der Waals surface area contributed by atoms with Crippen molar-refractivity contribution in [2.75, 3.05) is 6.61 Å². The highest BCUT2D eigenvalue weighted by molar-refractivity contribution is 5.92. The maximum absolute atomic E-state index is 13.6. The Hall–Kier alpha value is -3.55. The van der Waals surface area contributed by atoms with E-state index in [0.29, 0.717) is 11.0 Å². The number of nitrogens with one attached hydrogen (secondary N) is 3. The van der Waals surface area contributed by atoms with Gasteiger partial charge < -0.3 is 20.4 Å². The fourth-order valence-corrected chi connectivity index (χ4v) is 5.43. The summed E-state index contributed by atoms with van der Waals surface area (Å²) in [6.45, 7) is 4.98. The number of hydrogen-bond acceptors (Lipinski definition) is 5. The van der Waals surface area contributed by atoms with Crippen LogP contribution in [0.15, 0.2) is 30.5 Å². The van der Waals surface area contributed by atoms with Gasteiger partial charge in [-0.3, -0.25) is 14.3 Å². The molecule has 240 valence electrons. The van der Waals surface area contributed by atoms with E-state index >= 15 is 0 Å². The second-order valence-corrected chi connectivity index (χ2v) is 12.7. The number of aromatic amines is 1. The molecule has 3 N–H and O–H groups in total. The number of halogens is 5. The zero-order valence-corrected chi connectivity index (χ0v) is 25.0. The standard InChI is InChI=1S/C30H37F5N6O3/c1-16(2)41-23(9-10-36-41)27(43)39-22(15-44-28(3,4)30(33,34)35)26-37-20-8-7-19(12-21(20)38-26)25(18-5-6-18)40-24(42)11-17-13-29(31,32)14-17/h7-10,12,16-18,22,25H,5-6,11,13-15H2,1-4H3,(H,37,38)(H,39,43)(H,40,42)/t22-,25+/m0/s1. The Bertz CT molecular complexity index is 1500. The Morgan fingerprint density at radius 3 is 2.45 bits per heavy atom. The quantitative estimate of drug-likeness (QED) is 0.209. The van der Waals surface area contributed by atoms with Crippen LogP contribution in [-0.4, -0.2) is 55.9 Å². The maximum atomic E-state index is 13.6. The molecule has 0 aliphatic heterocycles. The van der Waals surface area contributed by atoms with E-state index in [-0.39, 0.29) is 60.6 Å². The van der Waals surface area contributed by atoms with Crippen molar-refractivity contribution in [3.63, 3.8) is 0 Å². The first kappa shape index (κ1) is 31.9. The zero-order chi connectivity index (χ0) is 32.0. The Balaban J connectivity index is 1.37. The highest BCUT2D eigenvalue weighted by Crippen LogP contribution is 2.45. The molecule has 2 saturated carbocycles. The molecule has 2 aliphatic rings. The SMILES string of the molecule is CC(C)n1nccc1C(=O)N[C@@H](COC(C)(C)C(F)(F)F)c1nc2ccc([C@H](NC(=O)CC3CC(F)(F)C3)C3CC3)cc2[nH]1. The smallest absolute Gasteiger partial charge is 0.364 e. The molecule has 0 spiro atoms. The summed E-state index contributed by atoms with van der Waals surface area (Å²) < 4.78 is 74.0. The van der Waals surface area contributed by atoms with Gasteiger partial charge in [0.1, 0.15) is 17.6 Å². The van der Waals surface area contributed by atoms with Crippen molar-refractivity contribution in [3.8, 4) is 0 Å². The van der Waals surface area contributed by atoms with E-state index in [2.05, 4.69) is 25.7 Å². The first-order valence-electron chi connectivity index (χ1n) is 14.7. The van der Waals surface area contributed by atoms with Crippen LogP contribution in [0.5, 0.6) is 0 Å². The summed E-state index contributed by atoms with van der Waals surface area (Å²) in [5.74, 6) is -3.46.